The summed E-state index contributed by atoms with van der Waals surface area (Å²) in [5, 5.41) is 15.5. The molecule has 0 saturated carbocycles. The highest BCUT2D eigenvalue weighted by Crippen LogP contribution is 2.18. The van der Waals surface area contributed by atoms with Gasteiger partial charge in [0.15, 0.2) is 5.82 Å². The molecule has 6 heteroatoms. The van der Waals surface area contributed by atoms with Gasteiger partial charge in [0, 0.05) is 11.1 Å². The number of aromatic nitrogens is 2. The SMILES string of the molecule is Cc1noc(-c2ccc(C(=O)NC(C)c3ccc(C#N)cc3)cc2)n1. The van der Waals surface area contributed by atoms with E-state index in [2.05, 4.69) is 21.5 Å². The first-order valence-electron chi connectivity index (χ1n) is 7.78. The molecular formula is C19H16N4O2. The third-order valence-electron chi connectivity index (χ3n) is 3.81. The van der Waals surface area contributed by atoms with Crippen molar-refractivity contribution in [2.45, 2.75) is 19.9 Å². The second kappa shape index (κ2) is 6.97. The minimum atomic E-state index is -0.176. The molecule has 0 radical (unpaired) electrons. The minimum Gasteiger partial charge on any atom is -0.346 e. The van der Waals surface area contributed by atoms with E-state index in [1.54, 1.807) is 43.3 Å². The molecule has 0 bridgehead atoms. The Morgan fingerprint density at radius 3 is 2.40 bits per heavy atom. The molecule has 0 fully saturated rings. The number of benzene rings is 2. The molecule has 3 aromatic rings. The van der Waals surface area contributed by atoms with Crippen LogP contribution in [0.15, 0.2) is 53.1 Å². The summed E-state index contributed by atoms with van der Waals surface area (Å²) in [7, 11) is 0. The lowest BCUT2D eigenvalue weighted by Gasteiger charge is -2.14. The van der Waals surface area contributed by atoms with Crippen molar-refractivity contribution in [3.05, 3.63) is 71.0 Å². The van der Waals surface area contributed by atoms with Gasteiger partial charge in [-0.15, -0.1) is 0 Å². The smallest absolute Gasteiger partial charge is 0.257 e. The maximum atomic E-state index is 12.4. The standard InChI is InChI=1S/C19H16N4O2/c1-12(15-5-3-14(11-20)4-6-15)21-18(24)16-7-9-17(10-8-16)19-22-13(2)23-25-19/h3-10,12H,1-2H3,(H,21,24). The highest BCUT2D eigenvalue weighted by molar-refractivity contribution is 5.94. The van der Waals surface area contributed by atoms with Crippen molar-refractivity contribution in [1.29, 1.82) is 5.26 Å². The van der Waals surface area contributed by atoms with Crippen molar-refractivity contribution in [2.24, 2.45) is 0 Å². The molecule has 25 heavy (non-hydrogen) atoms. The molecule has 0 aliphatic heterocycles. The van der Waals surface area contributed by atoms with Gasteiger partial charge in [-0.05, 0) is 55.8 Å². The Bertz CT molecular complexity index is 921. The molecule has 1 aromatic heterocycles. The molecule has 0 spiro atoms. The van der Waals surface area contributed by atoms with E-state index in [0.717, 1.165) is 11.1 Å². The van der Waals surface area contributed by atoms with Gasteiger partial charge in [-0.2, -0.15) is 10.2 Å². The number of hydrogen-bond acceptors (Lipinski definition) is 5. The van der Waals surface area contributed by atoms with E-state index in [-0.39, 0.29) is 11.9 Å². The molecule has 2 aromatic carbocycles. The predicted octanol–water partition coefficient (Wildman–Crippen LogP) is 3.41. The van der Waals surface area contributed by atoms with E-state index in [1.165, 1.54) is 0 Å². The molecule has 3 rings (SSSR count). The first-order valence-corrected chi connectivity index (χ1v) is 7.78. The van der Waals surface area contributed by atoms with E-state index in [1.807, 2.05) is 19.1 Å². The Kier molecular flexibility index (Phi) is 4.57. The van der Waals surface area contributed by atoms with Crippen LogP contribution in [-0.4, -0.2) is 16.0 Å². The van der Waals surface area contributed by atoms with Gasteiger partial charge in [-0.1, -0.05) is 17.3 Å². The van der Waals surface area contributed by atoms with Gasteiger partial charge in [-0.25, -0.2) is 0 Å². The molecule has 1 amide bonds. The maximum absolute atomic E-state index is 12.4. The van der Waals surface area contributed by atoms with Gasteiger partial charge in [0.25, 0.3) is 11.8 Å². The van der Waals surface area contributed by atoms with E-state index in [0.29, 0.717) is 22.8 Å². The van der Waals surface area contributed by atoms with Gasteiger partial charge >= 0.3 is 0 Å². The number of nitriles is 1. The third-order valence-corrected chi connectivity index (χ3v) is 3.81. The van der Waals surface area contributed by atoms with Crippen LogP contribution in [0.4, 0.5) is 0 Å². The van der Waals surface area contributed by atoms with Crippen LogP contribution in [0.3, 0.4) is 0 Å². The molecule has 6 nitrogen and oxygen atoms in total. The van der Waals surface area contributed by atoms with Crippen molar-refractivity contribution < 1.29 is 9.32 Å². The molecule has 124 valence electrons. The molecule has 0 aliphatic rings. The third kappa shape index (κ3) is 3.72. The van der Waals surface area contributed by atoms with Crippen LogP contribution in [0.2, 0.25) is 0 Å². The Hall–Kier alpha value is -3.46. The first kappa shape index (κ1) is 16.4. The minimum absolute atomic E-state index is 0.168. The Labute approximate surface area is 145 Å². The lowest BCUT2D eigenvalue weighted by atomic mass is 10.1. The van der Waals surface area contributed by atoms with E-state index in [4.69, 9.17) is 9.78 Å². The number of amides is 1. The van der Waals surface area contributed by atoms with Gasteiger partial charge < -0.3 is 9.84 Å². The fourth-order valence-electron chi connectivity index (χ4n) is 2.39. The lowest BCUT2D eigenvalue weighted by molar-refractivity contribution is 0.0940. The number of carbonyl (C=O) groups is 1. The fraction of sp³-hybridized carbons (Fsp3) is 0.158. The molecule has 1 heterocycles. The summed E-state index contributed by atoms with van der Waals surface area (Å²) in [6, 6.07) is 16.0. The quantitative estimate of drug-likeness (QED) is 0.790. The van der Waals surface area contributed by atoms with Crippen LogP contribution >= 0.6 is 0 Å². The van der Waals surface area contributed by atoms with Gasteiger partial charge in [0.1, 0.15) is 0 Å². The number of rotatable bonds is 4. The summed E-state index contributed by atoms with van der Waals surface area (Å²) in [5.41, 5.74) is 2.83. The topological polar surface area (TPSA) is 91.8 Å². The zero-order chi connectivity index (χ0) is 17.8. The Balaban J connectivity index is 1.69. The number of nitrogens with zero attached hydrogens (tertiary/aromatic N) is 3. The average Bonchev–Trinajstić information content (AvgIpc) is 3.08. The van der Waals surface area contributed by atoms with Crippen LogP contribution in [0.25, 0.3) is 11.5 Å². The highest BCUT2D eigenvalue weighted by Gasteiger charge is 2.13. The van der Waals surface area contributed by atoms with Crippen LogP contribution < -0.4 is 5.32 Å². The largest absolute Gasteiger partial charge is 0.346 e. The second-order valence-corrected chi connectivity index (χ2v) is 5.65. The average molecular weight is 332 g/mol. The lowest BCUT2D eigenvalue weighted by Crippen LogP contribution is -2.26. The maximum Gasteiger partial charge on any atom is 0.257 e. The van der Waals surface area contributed by atoms with Gasteiger partial charge in [0.2, 0.25) is 0 Å². The predicted molar refractivity (Wildman–Crippen MR) is 91.5 cm³/mol. The number of nitrogens with one attached hydrogen (secondary N) is 1. The first-order chi connectivity index (χ1) is 12.1. The molecule has 1 atom stereocenters. The molecular weight excluding hydrogens is 316 g/mol. The van der Waals surface area contributed by atoms with Crippen molar-refractivity contribution >= 4 is 5.91 Å². The van der Waals surface area contributed by atoms with Crippen molar-refractivity contribution in [3.8, 4) is 17.5 Å². The van der Waals surface area contributed by atoms with E-state index >= 15 is 0 Å². The molecule has 1 unspecified atom stereocenters. The Morgan fingerprint density at radius 1 is 1.16 bits per heavy atom. The van der Waals surface area contributed by atoms with Crippen LogP contribution in [0.5, 0.6) is 0 Å². The highest BCUT2D eigenvalue weighted by atomic mass is 16.5. The number of aryl methyl sites for hydroxylation is 1. The van der Waals surface area contributed by atoms with Crippen molar-refractivity contribution in [1.82, 2.24) is 15.5 Å². The van der Waals surface area contributed by atoms with Gasteiger partial charge in [0.05, 0.1) is 17.7 Å². The second-order valence-electron chi connectivity index (χ2n) is 5.65. The Morgan fingerprint density at radius 2 is 1.84 bits per heavy atom. The summed E-state index contributed by atoms with van der Waals surface area (Å²) >= 11 is 0. The van der Waals surface area contributed by atoms with Crippen molar-refractivity contribution in [3.63, 3.8) is 0 Å². The molecule has 1 N–H and O–H groups in total. The fourth-order valence-corrected chi connectivity index (χ4v) is 2.39. The zero-order valence-electron chi connectivity index (χ0n) is 13.9. The van der Waals surface area contributed by atoms with Crippen LogP contribution in [0.1, 0.15) is 40.3 Å². The van der Waals surface area contributed by atoms with Crippen LogP contribution in [-0.2, 0) is 0 Å². The summed E-state index contributed by atoms with van der Waals surface area (Å²) in [5.74, 6) is 0.814. The summed E-state index contributed by atoms with van der Waals surface area (Å²) in [6.45, 7) is 3.65. The molecule has 0 aliphatic carbocycles. The van der Waals surface area contributed by atoms with E-state index < -0.39 is 0 Å². The monoisotopic (exact) mass is 332 g/mol. The summed E-state index contributed by atoms with van der Waals surface area (Å²) in [4.78, 5) is 16.5. The zero-order valence-corrected chi connectivity index (χ0v) is 13.9. The summed E-state index contributed by atoms with van der Waals surface area (Å²) < 4.78 is 5.11. The number of hydrogen-bond donors (Lipinski definition) is 1. The normalized spacial score (nSPS) is 11.6. The van der Waals surface area contributed by atoms with E-state index in [9.17, 15) is 4.79 Å². The number of carbonyl (C=O) groups excluding carboxylic acids is 1. The van der Waals surface area contributed by atoms with Gasteiger partial charge in [-0.3, -0.25) is 4.79 Å². The molecule has 0 saturated heterocycles. The summed E-state index contributed by atoms with van der Waals surface area (Å²) in [6.07, 6.45) is 0. The van der Waals surface area contributed by atoms with Crippen molar-refractivity contribution in [2.75, 3.05) is 0 Å². The van der Waals surface area contributed by atoms with Crippen LogP contribution in [0, 0.1) is 18.3 Å².